The Kier molecular flexibility index (Phi) is 5.64. The number of rotatable bonds is 6. The molecule has 2 atom stereocenters. The third kappa shape index (κ3) is 6.10. The van der Waals surface area contributed by atoms with Gasteiger partial charge in [-0.3, -0.25) is 0 Å². The first kappa shape index (κ1) is 11.4. The van der Waals surface area contributed by atoms with E-state index in [1.54, 1.807) is 0 Å². The lowest BCUT2D eigenvalue weighted by Crippen LogP contribution is -2.12. The summed E-state index contributed by atoms with van der Waals surface area (Å²) in [6, 6.07) is 0. The Hall–Kier alpha value is -0.630. The third-order valence-electron chi connectivity index (χ3n) is 1.76. The average Bonchev–Trinajstić information content (AvgIpc) is 1.84. The molecule has 0 aromatic rings. The molecule has 0 amide bonds. The van der Waals surface area contributed by atoms with Crippen molar-refractivity contribution in [1.29, 1.82) is 0 Å². The van der Waals surface area contributed by atoms with Gasteiger partial charge in [-0.1, -0.05) is 12.5 Å². The van der Waals surface area contributed by atoms with Gasteiger partial charge in [0.2, 0.25) is 0 Å². The zero-order chi connectivity index (χ0) is 9.56. The largest absolute Gasteiger partial charge is 0.393 e. The van der Waals surface area contributed by atoms with Crippen LogP contribution in [0.1, 0.15) is 33.1 Å². The molecule has 2 heteroatoms. The standard InChI is InChI=1S/C10H18O2/c1-8(2)6-10(12)7-9(3)4-5-11/h5,9-10,12H,1,4,6-7H2,2-3H3/t9-,10-/m1/s1. The molecule has 0 rings (SSSR count). The number of aliphatic hydroxyl groups is 1. The molecule has 0 bridgehead atoms. The molecule has 12 heavy (non-hydrogen) atoms. The van der Waals surface area contributed by atoms with Gasteiger partial charge in [-0.25, -0.2) is 0 Å². The van der Waals surface area contributed by atoms with Crippen LogP contribution >= 0.6 is 0 Å². The van der Waals surface area contributed by atoms with Gasteiger partial charge in [0.25, 0.3) is 0 Å². The first-order valence-corrected chi connectivity index (χ1v) is 4.32. The summed E-state index contributed by atoms with van der Waals surface area (Å²) in [5.41, 5.74) is 0.987. The molecule has 0 aliphatic rings. The van der Waals surface area contributed by atoms with Crippen LogP contribution in [-0.4, -0.2) is 17.5 Å². The number of carbonyl (C=O) groups is 1. The molecule has 0 spiro atoms. The summed E-state index contributed by atoms with van der Waals surface area (Å²) in [5.74, 6) is 0.275. The Morgan fingerprint density at radius 2 is 2.25 bits per heavy atom. The van der Waals surface area contributed by atoms with Crippen LogP contribution < -0.4 is 0 Å². The Morgan fingerprint density at radius 3 is 2.67 bits per heavy atom. The van der Waals surface area contributed by atoms with Gasteiger partial charge >= 0.3 is 0 Å². The van der Waals surface area contributed by atoms with Crippen LogP contribution in [0, 0.1) is 5.92 Å². The van der Waals surface area contributed by atoms with E-state index in [4.69, 9.17) is 0 Å². The molecule has 0 aliphatic heterocycles. The molecule has 1 N–H and O–H groups in total. The van der Waals surface area contributed by atoms with Crippen molar-refractivity contribution in [2.45, 2.75) is 39.2 Å². The minimum absolute atomic E-state index is 0.275. The van der Waals surface area contributed by atoms with E-state index in [0.717, 1.165) is 11.9 Å². The van der Waals surface area contributed by atoms with Gasteiger partial charge in [-0.05, 0) is 25.7 Å². The second kappa shape index (κ2) is 5.95. The molecule has 0 saturated carbocycles. The van der Waals surface area contributed by atoms with E-state index in [1.165, 1.54) is 0 Å². The van der Waals surface area contributed by atoms with E-state index in [9.17, 15) is 9.90 Å². The summed E-state index contributed by atoms with van der Waals surface area (Å²) in [6.07, 6.45) is 2.43. The predicted octanol–water partition coefficient (Wildman–Crippen LogP) is 1.93. The molecule has 0 saturated heterocycles. The van der Waals surface area contributed by atoms with Gasteiger partial charge in [0.1, 0.15) is 6.29 Å². The molecule has 2 nitrogen and oxygen atoms in total. The first-order chi connectivity index (χ1) is 5.56. The third-order valence-corrected chi connectivity index (χ3v) is 1.76. The monoisotopic (exact) mass is 170 g/mol. The molecule has 70 valence electrons. The van der Waals surface area contributed by atoms with Crippen molar-refractivity contribution in [2.75, 3.05) is 0 Å². The SMILES string of the molecule is C=C(C)C[C@@H](O)C[C@H](C)CC=O. The Labute approximate surface area is 74.3 Å². The highest BCUT2D eigenvalue weighted by molar-refractivity contribution is 5.49. The number of carbonyl (C=O) groups excluding carboxylic acids is 1. The maximum atomic E-state index is 10.1. The summed E-state index contributed by atoms with van der Waals surface area (Å²) in [4.78, 5) is 10.1. The van der Waals surface area contributed by atoms with Crippen LogP contribution in [0.5, 0.6) is 0 Å². The molecule has 0 aromatic carbocycles. The fourth-order valence-corrected chi connectivity index (χ4v) is 1.21. The van der Waals surface area contributed by atoms with Gasteiger partial charge in [0.15, 0.2) is 0 Å². The van der Waals surface area contributed by atoms with Crippen molar-refractivity contribution < 1.29 is 9.90 Å². The molecule has 0 radical (unpaired) electrons. The van der Waals surface area contributed by atoms with Gasteiger partial charge in [-0.2, -0.15) is 0 Å². The van der Waals surface area contributed by atoms with Crippen LogP contribution in [-0.2, 0) is 4.79 Å². The zero-order valence-electron chi connectivity index (χ0n) is 7.92. The quantitative estimate of drug-likeness (QED) is 0.488. The number of aldehydes is 1. The number of hydrogen-bond donors (Lipinski definition) is 1. The van der Waals surface area contributed by atoms with E-state index in [2.05, 4.69) is 6.58 Å². The average molecular weight is 170 g/mol. The van der Waals surface area contributed by atoms with Crippen LogP contribution in [0.3, 0.4) is 0 Å². The zero-order valence-corrected chi connectivity index (χ0v) is 7.92. The normalized spacial score (nSPS) is 15.2. The topological polar surface area (TPSA) is 37.3 Å². The molecule has 0 heterocycles. The maximum absolute atomic E-state index is 10.1. The summed E-state index contributed by atoms with van der Waals surface area (Å²) >= 11 is 0. The Morgan fingerprint density at radius 1 is 1.67 bits per heavy atom. The van der Waals surface area contributed by atoms with E-state index < -0.39 is 0 Å². The minimum Gasteiger partial charge on any atom is -0.393 e. The summed E-state index contributed by atoms with van der Waals surface area (Å²) in [6.45, 7) is 7.58. The maximum Gasteiger partial charge on any atom is 0.120 e. The fraction of sp³-hybridized carbons (Fsp3) is 0.700. The van der Waals surface area contributed by atoms with Crippen molar-refractivity contribution in [3.63, 3.8) is 0 Å². The van der Waals surface area contributed by atoms with Crippen LogP contribution in [0.25, 0.3) is 0 Å². The fourth-order valence-electron chi connectivity index (χ4n) is 1.21. The Balaban J connectivity index is 3.59. The Bertz CT molecular complexity index is 152. The number of aliphatic hydroxyl groups excluding tert-OH is 1. The molecule has 0 aromatic heterocycles. The second-order valence-electron chi connectivity index (χ2n) is 3.56. The van der Waals surface area contributed by atoms with E-state index in [1.807, 2.05) is 13.8 Å². The molecule has 0 aliphatic carbocycles. The van der Waals surface area contributed by atoms with Crippen molar-refractivity contribution >= 4 is 6.29 Å². The lowest BCUT2D eigenvalue weighted by atomic mass is 9.97. The summed E-state index contributed by atoms with van der Waals surface area (Å²) in [5, 5.41) is 9.44. The highest BCUT2D eigenvalue weighted by Crippen LogP contribution is 2.13. The van der Waals surface area contributed by atoms with Crippen LogP contribution in [0.15, 0.2) is 12.2 Å². The molecule has 0 unspecified atom stereocenters. The molecular weight excluding hydrogens is 152 g/mol. The second-order valence-corrected chi connectivity index (χ2v) is 3.56. The lowest BCUT2D eigenvalue weighted by Gasteiger charge is -2.13. The highest BCUT2D eigenvalue weighted by atomic mass is 16.3. The van der Waals surface area contributed by atoms with Gasteiger partial charge < -0.3 is 9.90 Å². The van der Waals surface area contributed by atoms with Crippen molar-refractivity contribution in [3.05, 3.63) is 12.2 Å². The van der Waals surface area contributed by atoms with Gasteiger partial charge in [-0.15, -0.1) is 6.58 Å². The molecule has 0 fully saturated rings. The van der Waals surface area contributed by atoms with Gasteiger partial charge in [0, 0.05) is 6.42 Å². The summed E-state index contributed by atoms with van der Waals surface area (Å²) < 4.78 is 0. The summed E-state index contributed by atoms with van der Waals surface area (Å²) in [7, 11) is 0. The van der Waals surface area contributed by atoms with Crippen molar-refractivity contribution in [3.8, 4) is 0 Å². The first-order valence-electron chi connectivity index (χ1n) is 4.32. The lowest BCUT2D eigenvalue weighted by molar-refractivity contribution is -0.108. The van der Waals surface area contributed by atoms with E-state index >= 15 is 0 Å². The van der Waals surface area contributed by atoms with Crippen molar-refractivity contribution in [1.82, 2.24) is 0 Å². The van der Waals surface area contributed by atoms with Crippen LogP contribution in [0.2, 0.25) is 0 Å². The predicted molar refractivity (Wildman–Crippen MR) is 49.9 cm³/mol. The van der Waals surface area contributed by atoms with E-state index in [0.29, 0.717) is 19.3 Å². The molecular formula is C10H18O2. The van der Waals surface area contributed by atoms with E-state index in [-0.39, 0.29) is 12.0 Å². The van der Waals surface area contributed by atoms with Crippen LogP contribution in [0.4, 0.5) is 0 Å². The highest BCUT2D eigenvalue weighted by Gasteiger charge is 2.09. The smallest absolute Gasteiger partial charge is 0.120 e. The minimum atomic E-state index is -0.336. The number of hydrogen-bond acceptors (Lipinski definition) is 2. The van der Waals surface area contributed by atoms with Crippen molar-refractivity contribution in [2.24, 2.45) is 5.92 Å². The van der Waals surface area contributed by atoms with Gasteiger partial charge in [0.05, 0.1) is 6.10 Å².